The molecule has 0 aliphatic carbocycles. The van der Waals surface area contributed by atoms with E-state index in [0.717, 1.165) is 15.8 Å². The molecule has 0 N–H and O–H groups in total. The van der Waals surface area contributed by atoms with Crippen molar-refractivity contribution in [2.75, 3.05) is 6.61 Å². The molecule has 0 radical (unpaired) electrons. The maximum absolute atomic E-state index is 11.3. The van der Waals surface area contributed by atoms with Crippen molar-refractivity contribution >= 4 is 33.2 Å². The van der Waals surface area contributed by atoms with Gasteiger partial charge in [-0.1, -0.05) is 11.3 Å². The van der Waals surface area contributed by atoms with Gasteiger partial charge in [-0.2, -0.15) is 5.10 Å². The van der Waals surface area contributed by atoms with Gasteiger partial charge in [0, 0.05) is 6.20 Å². The van der Waals surface area contributed by atoms with Crippen LogP contribution in [0.15, 0.2) is 16.9 Å². The van der Waals surface area contributed by atoms with Gasteiger partial charge in [-0.25, -0.2) is 9.48 Å². The summed E-state index contributed by atoms with van der Waals surface area (Å²) in [4.78, 5) is 11.3. The van der Waals surface area contributed by atoms with Gasteiger partial charge >= 0.3 is 5.97 Å². The molecule has 0 amide bonds. The molecule has 2 aromatic heterocycles. The first-order chi connectivity index (χ1) is 7.70. The first kappa shape index (κ1) is 11.2. The van der Waals surface area contributed by atoms with Gasteiger partial charge in [-0.05, 0) is 22.9 Å². The van der Waals surface area contributed by atoms with Crippen molar-refractivity contribution in [3.63, 3.8) is 0 Å². The minimum atomic E-state index is -0.461. The van der Waals surface area contributed by atoms with Crippen LogP contribution in [0.1, 0.15) is 16.7 Å². The second-order valence-corrected chi connectivity index (χ2v) is 4.59. The summed E-state index contributed by atoms with van der Waals surface area (Å²) in [5, 5.41) is 12.4. The van der Waals surface area contributed by atoms with Crippen molar-refractivity contribution in [3.8, 4) is 5.13 Å². The summed E-state index contributed by atoms with van der Waals surface area (Å²) in [6.45, 7) is 2.06. The van der Waals surface area contributed by atoms with Crippen LogP contribution >= 0.6 is 27.3 Å². The van der Waals surface area contributed by atoms with Gasteiger partial charge in [0.2, 0.25) is 10.1 Å². The minimum Gasteiger partial charge on any atom is -0.461 e. The minimum absolute atomic E-state index is 0.225. The van der Waals surface area contributed by atoms with E-state index in [0.29, 0.717) is 11.7 Å². The van der Waals surface area contributed by atoms with E-state index in [4.69, 9.17) is 4.74 Å². The lowest BCUT2D eigenvalue weighted by Gasteiger charge is -1.94. The Balaban J connectivity index is 2.22. The van der Waals surface area contributed by atoms with Crippen LogP contribution in [0.3, 0.4) is 0 Å². The van der Waals surface area contributed by atoms with E-state index in [9.17, 15) is 4.79 Å². The Morgan fingerprint density at radius 3 is 3.06 bits per heavy atom. The van der Waals surface area contributed by atoms with Gasteiger partial charge in [-0.3, -0.25) is 0 Å². The Bertz CT molecular complexity index is 510. The van der Waals surface area contributed by atoms with E-state index in [1.165, 1.54) is 4.68 Å². The molecule has 2 aromatic rings. The molecule has 84 valence electrons. The Hall–Kier alpha value is -1.28. The Kier molecular flexibility index (Phi) is 3.30. The van der Waals surface area contributed by atoms with E-state index < -0.39 is 5.97 Å². The third-order valence-electron chi connectivity index (χ3n) is 1.61. The number of aromatic nitrogens is 4. The van der Waals surface area contributed by atoms with Crippen molar-refractivity contribution in [2.24, 2.45) is 0 Å². The summed E-state index contributed by atoms with van der Waals surface area (Å²) < 4.78 is 7.18. The smallest absolute Gasteiger partial charge is 0.369 e. The zero-order valence-electron chi connectivity index (χ0n) is 8.25. The van der Waals surface area contributed by atoms with E-state index in [1.54, 1.807) is 19.3 Å². The summed E-state index contributed by atoms with van der Waals surface area (Å²) >= 11 is 4.40. The number of nitrogens with zero attached hydrogens (tertiary/aromatic N) is 4. The number of esters is 1. The fourth-order valence-electron chi connectivity index (χ4n) is 0.989. The van der Waals surface area contributed by atoms with Crippen LogP contribution in [-0.4, -0.2) is 32.6 Å². The predicted octanol–water partition coefficient (Wildman–Crippen LogP) is 1.66. The highest BCUT2D eigenvalue weighted by Crippen LogP contribution is 2.17. The van der Waals surface area contributed by atoms with Crippen LogP contribution in [-0.2, 0) is 4.74 Å². The summed E-state index contributed by atoms with van der Waals surface area (Å²) in [6.07, 6.45) is 3.36. The van der Waals surface area contributed by atoms with Crippen LogP contribution in [0.2, 0.25) is 0 Å². The fourth-order valence-corrected chi connectivity index (χ4v) is 1.95. The molecule has 6 nitrogen and oxygen atoms in total. The van der Waals surface area contributed by atoms with Crippen LogP contribution in [0.4, 0.5) is 0 Å². The van der Waals surface area contributed by atoms with Gasteiger partial charge in [0.05, 0.1) is 17.3 Å². The van der Waals surface area contributed by atoms with E-state index >= 15 is 0 Å². The van der Waals surface area contributed by atoms with Crippen molar-refractivity contribution in [2.45, 2.75) is 6.92 Å². The third-order valence-corrected chi connectivity index (χ3v) is 2.91. The van der Waals surface area contributed by atoms with Gasteiger partial charge in [0.1, 0.15) is 0 Å². The predicted molar refractivity (Wildman–Crippen MR) is 60.7 cm³/mol. The molecule has 0 aromatic carbocycles. The average molecular weight is 303 g/mol. The zero-order chi connectivity index (χ0) is 11.5. The SMILES string of the molecule is CCOC(=O)c1nnc(-n2cc(Br)cn2)s1. The monoisotopic (exact) mass is 302 g/mol. The van der Waals surface area contributed by atoms with Gasteiger partial charge in [0.15, 0.2) is 0 Å². The van der Waals surface area contributed by atoms with E-state index in [-0.39, 0.29) is 5.01 Å². The number of rotatable bonds is 3. The van der Waals surface area contributed by atoms with Crippen molar-refractivity contribution in [3.05, 3.63) is 21.9 Å². The van der Waals surface area contributed by atoms with Gasteiger partial charge < -0.3 is 4.74 Å². The molecule has 0 unspecified atom stereocenters. The zero-order valence-corrected chi connectivity index (χ0v) is 10.7. The summed E-state index contributed by atoms with van der Waals surface area (Å²) in [7, 11) is 0. The van der Waals surface area contributed by atoms with Crippen LogP contribution in [0.5, 0.6) is 0 Å². The number of carbonyl (C=O) groups is 1. The Morgan fingerprint density at radius 2 is 2.44 bits per heavy atom. The van der Waals surface area contributed by atoms with Crippen molar-refractivity contribution < 1.29 is 9.53 Å². The lowest BCUT2D eigenvalue weighted by molar-refractivity contribution is 0.0525. The van der Waals surface area contributed by atoms with Crippen LogP contribution in [0, 0.1) is 0 Å². The number of ether oxygens (including phenoxy) is 1. The van der Waals surface area contributed by atoms with Gasteiger partial charge in [0.25, 0.3) is 0 Å². The maximum Gasteiger partial charge on any atom is 0.369 e. The standard InChI is InChI=1S/C8H7BrN4O2S/c1-2-15-7(14)6-11-12-8(16-6)13-4-5(9)3-10-13/h3-4H,2H2,1H3. The lowest BCUT2D eigenvalue weighted by atomic mass is 10.7. The second-order valence-electron chi connectivity index (χ2n) is 2.71. The van der Waals surface area contributed by atoms with E-state index in [1.807, 2.05) is 0 Å². The molecular formula is C8H7BrN4O2S. The average Bonchev–Trinajstić information content (AvgIpc) is 2.85. The molecular weight excluding hydrogens is 296 g/mol. The maximum atomic E-state index is 11.3. The normalized spacial score (nSPS) is 10.4. The highest BCUT2D eigenvalue weighted by atomic mass is 79.9. The molecule has 0 spiro atoms. The molecule has 0 saturated carbocycles. The largest absolute Gasteiger partial charge is 0.461 e. The number of carbonyl (C=O) groups excluding carboxylic acids is 1. The molecule has 0 fully saturated rings. The van der Waals surface area contributed by atoms with Gasteiger partial charge in [-0.15, -0.1) is 10.2 Å². The molecule has 0 aliphatic rings. The lowest BCUT2D eigenvalue weighted by Crippen LogP contribution is -2.03. The molecule has 8 heteroatoms. The fraction of sp³-hybridized carbons (Fsp3) is 0.250. The summed E-state index contributed by atoms with van der Waals surface area (Å²) in [5.74, 6) is -0.461. The third kappa shape index (κ3) is 2.27. The quantitative estimate of drug-likeness (QED) is 0.807. The molecule has 0 saturated heterocycles. The topological polar surface area (TPSA) is 69.9 Å². The van der Waals surface area contributed by atoms with E-state index in [2.05, 4.69) is 31.2 Å². The highest BCUT2D eigenvalue weighted by molar-refractivity contribution is 9.10. The van der Waals surface area contributed by atoms with Crippen LogP contribution < -0.4 is 0 Å². The van der Waals surface area contributed by atoms with Crippen LogP contribution in [0.25, 0.3) is 5.13 Å². The molecule has 0 aliphatic heterocycles. The summed E-state index contributed by atoms with van der Waals surface area (Å²) in [6, 6.07) is 0. The second kappa shape index (κ2) is 4.71. The number of hydrogen-bond donors (Lipinski definition) is 0. The first-order valence-corrected chi connectivity index (χ1v) is 6.03. The van der Waals surface area contributed by atoms with Crippen molar-refractivity contribution in [1.29, 1.82) is 0 Å². The molecule has 2 heterocycles. The Labute approximate surface area is 103 Å². The molecule has 16 heavy (non-hydrogen) atoms. The molecule has 2 rings (SSSR count). The molecule has 0 atom stereocenters. The Morgan fingerprint density at radius 1 is 1.62 bits per heavy atom. The number of hydrogen-bond acceptors (Lipinski definition) is 6. The number of halogens is 1. The molecule has 0 bridgehead atoms. The highest BCUT2D eigenvalue weighted by Gasteiger charge is 2.14. The summed E-state index contributed by atoms with van der Waals surface area (Å²) in [5.41, 5.74) is 0. The van der Waals surface area contributed by atoms with Crippen molar-refractivity contribution in [1.82, 2.24) is 20.0 Å². The first-order valence-electron chi connectivity index (χ1n) is 4.42.